The average Bonchev–Trinajstić information content (AvgIpc) is 3.55. The summed E-state index contributed by atoms with van der Waals surface area (Å²) in [6, 6.07) is 20.9. The van der Waals surface area contributed by atoms with E-state index in [2.05, 4.69) is 10.6 Å². The van der Waals surface area contributed by atoms with Gasteiger partial charge >= 0.3 is 0 Å². The second-order valence-electron chi connectivity index (χ2n) is 14.7. The molecule has 3 heterocycles. The van der Waals surface area contributed by atoms with Crippen molar-refractivity contribution in [2.45, 2.75) is 69.6 Å². The van der Waals surface area contributed by atoms with E-state index in [-0.39, 0.29) is 56.1 Å². The van der Waals surface area contributed by atoms with E-state index in [1.54, 1.807) is 36.2 Å². The maximum atomic E-state index is 14.8. The van der Waals surface area contributed by atoms with Gasteiger partial charge in [-0.1, -0.05) is 49.4 Å². The molecule has 3 aromatic carbocycles. The normalized spacial score (nSPS) is 24.2. The summed E-state index contributed by atoms with van der Waals surface area (Å²) in [4.78, 5) is 67.7. The predicted octanol–water partition coefficient (Wildman–Crippen LogP) is 4.29. The number of amides is 3. The highest BCUT2D eigenvalue weighted by atomic mass is 28.4. The van der Waals surface area contributed by atoms with E-state index in [1.165, 1.54) is 17.0 Å². The van der Waals surface area contributed by atoms with Gasteiger partial charge < -0.3 is 35.1 Å². The number of non-ortho nitro benzene ring substituents is 1. The number of aliphatic hydroxyl groups excluding tert-OH is 1. The van der Waals surface area contributed by atoms with Crippen molar-refractivity contribution in [3.8, 4) is 0 Å². The molecule has 6 rings (SSSR count). The van der Waals surface area contributed by atoms with Crippen LogP contribution in [0.25, 0.3) is 0 Å². The Morgan fingerprint density at radius 3 is 2.48 bits per heavy atom. The van der Waals surface area contributed by atoms with Crippen molar-refractivity contribution in [3.05, 3.63) is 99.6 Å². The molecule has 14 heteroatoms. The van der Waals surface area contributed by atoms with E-state index in [0.717, 1.165) is 30.5 Å². The van der Waals surface area contributed by atoms with Crippen LogP contribution in [0, 0.1) is 22.0 Å². The summed E-state index contributed by atoms with van der Waals surface area (Å²) in [7, 11) is -3.14. The summed E-state index contributed by atoms with van der Waals surface area (Å²) in [5.41, 5.74) is 0.603. The van der Waals surface area contributed by atoms with E-state index in [1.807, 2.05) is 49.4 Å². The Balaban J connectivity index is 1.29. The van der Waals surface area contributed by atoms with Gasteiger partial charge in [0.15, 0.2) is 13.9 Å². The maximum Gasteiger partial charge on any atom is 0.269 e. The van der Waals surface area contributed by atoms with Crippen molar-refractivity contribution in [2.24, 2.45) is 11.8 Å². The quantitative estimate of drug-likeness (QED) is 0.121. The fraction of sp³-hybridized carbons (Fsp3) is 0.447. The predicted molar refractivity (Wildman–Crippen MR) is 198 cm³/mol. The first-order chi connectivity index (χ1) is 24.8. The Kier molecular flexibility index (Phi) is 10.9. The number of hydrogen-bond donors (Lipinski definition) is 4. The van der Waals surface area contributed by atoms with Gasteiger partial charge in [0.05, 0.1) is 42.2 Å². The molecule has 0 aromatic heterocycles. The number of anilines is 2. The Hall–Kier alpha value is -4.47. The summed E-state index contributed by atoms with van der Waals surface area (Å²) in [6.45, 7) is 7.10. The number of benzene rings is 3. The van der Waals surface area contributed by atoms with Gasteiger partial charge in [0.1, 0.15) is 0 Å². The fourth-order valence-electron chi connectivity index (χ4n) is 8.25. The summed E-state index contributed by atoms with van der Waals surface area (Å²) in [6.07, 6.45) is 0.752. The number of rotatable bonds is 12. The molecule has 0 saturated carbocycles. The smallest absolute Gasteiger partial charge is 0.269 e. The first-order valence-corrected chi connectivity index (χ1v) is 20.9. The molecule has 3 amide bonds. The van der Waals surface area contributed by atoms with Crippen LogP contribution in [0.3, 0.4) is 0 Å². The number of nitrogens with zero attached hydrogens (tertiary/aromatic N) is 3. The number of nitro benzene ring substituents is 1. The van der Waals surface area contributed by atoms with E-state index >= 15 is 0 Å². The summed E-state index contributed by atoms with van der Waals surface area (Å²) < 4.78 is 6.77. The first-order valence-electron chi connectivity index (χ1n) is 17.9. The zero-order chi connectivity index (χ0) is 37.2. The largest absolute Gasteiger partial charge is 0.432 e. The Labute approximate surface area is 304 Å². The molecule has 4 N–H and O–H groups in total. The molecule has 276 valence electrons. The van der Waals surface area contributed by atoms with Crippen LogP contribution in [-0.2, 0) is 37.8 Å². The third-order valence-corrected chi connectivity index (χ3v) is 13.2. The highest BCUT2D eigenvalue weighted by Crippen LogP contribution is 2.60. The SMILES string of the molecule is C[C@@H]1[C@@H]([Si](C)(C)O)[C@H](CC(=O)N(CCO)Cc2ccccc2)O[C@@]12C(=O)N(Cc1ccc(NC(=O)C3CCCNC3)cc1)c1ccc([N+](=O)[O-])cc12. The highest BCUT2D eigenvalue weighted by molar-refractivity contribution is 6.71. The highest BCUT2D eigenvalue weighted by Gasteiger charge is 2.66. The number of fused-ring (bicyclic) bond motifs is 2. The fourth-order valence-corrected chi connectivity index (χ4v) is 10.8. The van der Waals surface area contributed by atoms with E-state index in [4.69, 9.17) is 4.74 Å². The van der Waals surface area contributed by atoms with Gasteiger partial charge in [-0.2, -0.15) is 0 Å². The number of aliphatic hydroxyl groups is 1. The Bertz CT molecular complexity index is 1800. The zero-order valence-electron chi connectivity index (χ0n) is 29.8. The Morgan fingerprint density at radius 1 is 1.12 bits per heavy atom. The van der Waals surface area contributed by atoms with Gasteiger partial charge in [-0.05, 0) is 61.8 Å². The minimum absolute atomic E-state index is 0.0444. The topological polar surface area (TPSA) is 175 Å². The molecule has 3 aliphatic rings. The van der Waals surface area contributed by atoms with Crippen LogP contribution in [0.1, 0.15) is 42.9 Å². The lowest BCUT2D eigenvalue weighted by Crippen LogP contribution is -2.46. The van der Waals surface area contributed by atoms with Gasteiger partial charge in [-0.3, -0.25) is 24.5 Å². The minimum Gasteiger partial charge on any atom is -0.432 e. The molecule has 52 heavy (non-hydrogen) atoms. The minimum atomic E-state index is -3.14. The first kappa shape index (κ1) is 37.3. The lowest BCUT2D eigenvalue weighted by molar-refractivity contribution is -0.385. The van der Waals surface area contributed by atoms with Gasteiger partial charge in [0.2, 0.25) is 11.8 Å². The summed E-state index contributed by atoms with van der Waals surface area (Å²) >= 11 is 0. The van der Waals surface area contributed by atoms with Crippen molar-refractivity contribution in [1.82, 2.24) is 10.2 Å². The molecule has 1 spiro atoms. The second kappa shape index (κ2) is 15.2. The van der Waals surface area contributed by atoms with Crippen molar-refractivity contribution in [1.29, 1.82) is 0 Å². The number of piperidine rings is 1. The third kappa shape index (κ3) is 7.39. The van der Waals surface area contributed by atoms with Crippen LogP contribution in [0.15, 0.2) is 72.8 Å². The third-order valence-electron chi connectivity index (χ3n) is 10.7. The number of ether oxygens (including phenoxy) is 1. The zero-order valence-corrected chi connectivity index (χ0v) is 30.8. The van der Waals surface area contributed by atoms with Gasteiger partial charge in [0.25, 0.3) is 11.6 Å². The molecule has 0 radical (unpaired) electrons. The molecule has 5 atom stereocenters. The van der Waals surface area contributed by atoms with Crippen molar-refractivity contribution in [3.63, 3.8) is 0 Å². The lowest BCUT2D eigenvalue weighted by atomic mass is 9.82. The average molecular weight is 730 g/mol. The van der Waals surface area contributed by atoms with E-state index in [9.17, 15) is 34.4 Å². The van der Waals surface area contributed by atoms with Gasteiger partial charge in [-0.15, -0.1) is 0 Å². The molecular weight excluding hydrogens is 683 g/mol. The van der Waals surface area contributed by atoms with Crippen LogP contribution in [0.5, 0.6) is 0 Å². The molecule has 2 fully saturated rings. The number of nitrogens with one attached hydrogen (secondary N) is 2. The number of carbonyl (C=O) groups is 3. The van der Waals surface area contributed by atoms with E-state index < -0.39 is 42.3 Å². The van der Waals surface area contributed by atoms with Crippen LogP contribution in [0.2, 0.25) is 18.6 Å². The standard InChI is InChI=1S/C38H47N5O8Si/c1-25-35(52(2,3)50)33(21-34(45)41(18-19-44)23-26-8-5-4-6-9-26)51-38(25)31-20-30(43(48)49)15-16-32(31)42(37(38)47)24-27-11-13-29(14-12-27)40-36(46)28-10-7-17-39-22-28/h4-6,8-9,11-16,20,25,28,33,35,39,44,50H,7,10,17-19,21-24H2,1-3H3,(H,40,46)/t25-,28?,33+,35-,38+/m1/s1. The number of carbonyl (C=O) groups excluding carboxylic acids is 3. The molecule has 3 aliphatic heterocycles. The monoisotopic (exact) mass is 729 g/mol. The maximum absolute atomic E-state index is 14.8. The molecule has 2 saturated heterocycles. The van der Waals surface area contributed by atoms with Crippen LogP contribution in [-0.4, -0.2) is 78.1 Å². The molecule has 1 unspecified atom stereocenters. The van der Waals surface area contributed by atoms with Crippen molar-refractivity contribution < 1.29 is 33.9 Å². The Morgan fingerprint density at radius 2 is 1.85 bits per heavy atom. The number of hydrogen-bond acceptors (Lipinski definition) is 9. The lowest BCUT2D eigenvalue weighted by Gasteiger charge is -2.32. The number of nitro groups is 1. The molecule has 3 aromatic rings. The van der Waals surface area contributed by atoms with E-state index in [0.29, 0.717) is 23.5 Å². The van der Waals surface area contributed by atoms with Crippen molar-refractivity contribution in [2.75, 3.05) is 36.5 Å². The van der Waals surface area contributed by atoms with Crippen LogP contribution < -0.4 is 15.5 Å². The molecule has 0 aliphatic carbocycles. The second-order valence-corrected chi connectivity index (χ2v) is 18.6. The van der Waals surface area contributed by atoms with Crippen molar-refractivity contribution >= 4 is 43.1 Å². The molecule has 0 bridgehead atoms. The van der Waals surface area contributed by atoms with Gasteiger partial charge in [0, 0.05) is 54.5 Å². The summed E-state index contributed by atoms with van der Waals surface area (Å²) in [5.74, 6) is -1.51. The van der Waals surface area contributed by atoms with Crippen LogP contribution in [0.4, 0.5) is 17.1 Å². The van der Waals surface area contributed by atoms with Gasteiger partial charge in [-0.25, -0.2) is 0 Å². The molecular formula is C38H47N5O8Si. The summed E-state index contributed by atoms with van der Waals surface area (Å²) in [5, 5.41) is 28.0. The molecule has 13 nitrogen and oxygen atoms in total. The van der Waals surface area contributed by atoms with Crippen LogP contribution >= 0.6 is 0 Å².